The normalized spacial score (nSPS) is 11.4. The Morgan fingerprint density at radius 3 is 2.70 bits per heavy atom. The van der Waals surface area contributed by atoms with Gasteiger partial charge in [-0.15, -0.1) is 0 Å². The molecule has 6 rings (SSSR count). The number of nitrogens with zero attached hydrogens (tertiary/aromatic N) is 5. The maximum Gasteiger partial charge on any atom is 0.224 e. The minimum absolute atomic E-state index is 0.0344. The highest BCUT2D eigenvalue weighted by Crippen LogP contribution is 2.32. The number of hydrogen-bond acceptors (Lipinski definition) is 6. The van der Waals surface area contributed by atoms with Crippen LogP contribution in [0, 0.1) is 5.92 Å². The number of anilines is 1. The van der Waals surface area contributed by atoms with Gasteiger partial charge in [-0.05, 0) is 48.4 Å². The molecule has 0 saturated heterocycles. The Morgan fingerprint density at radius 1 is 0.946 bits per heavy atom. The molecule has 0 radical (unpaired) electrons. The van der Waals surface area contributed by atoms with Gasteiger partial charge in [-0.2, -0.15) is 5.10 Å². The van der Waals surface area contributed by atoms with E-state index in [1.54, 1.807) is 24.8 Å². The van der Waals surface area contributed by atoms with Crippen molar-refractivity contribution in [3.8, 4) is 34.0 Å². The highest BCUT2D eigenvalue weighted by Gasteiger charge is 2.16. The standard InChI is InChI=1S/C28H24N8O/c1-16(2)11-25(37)32-18-12-17(14-29-15-18)20-6-7-23-27(34-20)28(36-35-23)24-13-19-21(33-24)8-10-31-26(19)22-5-3-4-9-30-22/h3-10,12-16,33H,11H2,1-2H3,(H,32,37)(H,35,36). The van der Waals surface area contributed by atoms with Gasteiger partial charge in [0.25, 0.3) is 0 Å². The number of hydrogen-bond donors (Lipinski definition) is 3. The summed E-state index contributed by atoms with van der Waals surface area (Å²) in [7, 11) is 0. The molecule has 9 nitrogen and oxygen atoms in total. The van der Waals surface area contributed by atoms with Crippen LogP contribution >= 0.6 is 0 Å². The first-order valence-corrected chi connectivity index (χ1v) is 12.0. The molecular weight excluding hydrogens is 464 g/mol. The minimum atomic E-state index is -0.0344. The number of fused-ring (bicyclic) bond motifs is 2. The lowest BCUT2D eigenvalue weighted by atomic mass is 10.1. The largest absolute Gasteiger partial charge is 0.353 e. The molecule has 0 unspecified atom stereocenters. The predicted molar refractivity (Wildman–Crippen MR) is 144 cm³/mol. The van der Waals surface area contributed by atoms with E-state index < -0.39 is 0 Å². The lowest BCUT2D eigenvalue weighted by Crippen LogP contribution is -2.13. The Kier molecular flexibility index (Phi) is 5.65. The Balaban J connectivity index is 1.38. The number of aromatic nitrogens is 7. The first-order chi connectivity index (χ1) is 18.0. The molecule has 3 N–H and O–H groups in total. The summed E-state index contributed by atoms with van der Waals surface area (Å²) in [6.07, 6.45) is 7.36. The summed E-state index contributed by atoms with van der Waals surface area (Å²) in [4.78, 5) is 33.9. The molecule has 6 aromatic heterocycles. The maximum atomic E-state index is 12.2. The second-order valence-electron chi connectivity index (χ2n) is 9.29. The van der Waals surface area contributed by atoms with Crippen LogP contribution in [0.25, 0.3) is 56.0 Å². The number of carbonyl (C=O) groups is 1. The fraction of sp³-hybridized carbons (Fsp3) is 0.143. The van der Waals surface area contributed by atoms with Crippen molar-refractivity contribution >= 4 is 33.5 Å². The summed E-state index contributed by atoms with van der Waals surface area (Å²) in [5.41, 5.74) is 7.79. The molecule has 9 heteroatoms. The fourth-order valence-electron chi connectivity index (χ4n) is 4.37. The van der Waals surface area contributed by atoms with E-state index in [9.17, 15) is 4.79 Å². The zero-order valence-electron chi connectivity index (χ0n) is 20.4. The maximum absolute atomic E-state index is 12.2. The van der Waals surface area contributed by atoms with Crippen molar-refractivity contribution in [3.63, 3.8) is 0 Å². The molecule has 37 heavy (non-hydrogen) atoms. The Labute approximate surface area is 212 Å². The van der Waals surface area contributed by atoms with Crippen LogP contribution in [0.2, 0.25) is 0 Å². The van der Waals surface area contributed by atoms with Crippen molar-refractivity contribution in [3.05, 3.63) is 73.3 Å². The first kappa shape index (κ1) is 22.5. The molecule has 1 amide bonds. The lowest BCUT2D eigenvalue weighted by molar-refractivity contribution is -0.116. The van der Waals surface area contributed by atoms with Gasteiger partial charge >= 0.3 is 0 Å². The smallest absolute Gasteiger partial charge is 0.224 e. The average molecular weight is 489 g/mol. The van der Waals surface area contributed by atoms with Crippen LogP contribution in [0.5, 0.6) is 0 Å². The van der Waals surface area contributed by atoms with Gasteiger partial charge in [-0.25, -0.2) is 4.98 Å². The Bertz CT molecular complexity index is 1740. The van der Waals surface area contributed by atoms with Crippen LogP contribution in [0.4, 0.5) is 5.69 Å². The number of rotatable bonds is 6. The van der Waals surface area contributed by atoms with Crippen molar-refractivity contribution in [1.82, 2.24) is 35.1 Å². The molecule has 6 aromatic rings. The summed E-state index contributed by atoms with van der Waals surface area (Å²) in [6, 6.07) is 15.5. The summed E-state index contributed by atoms with van der Waals surface area (Å²) < 4.78 is 0. The molecule has 0 atom stereocenters. The zero-order chi connectivity index (χ0) is 25.4. The second kappa shape index (κ2) is 9.27. The van der Waals surface area contributed by atoms with E-state index in [0.717, 1.165) is 50.3 Å². The molecular formula is C28H24N8O. The highest BCUT2D eigenvalue weighted by molar-refractivity contribution is 5.99. The zero-order valence-corrected chi connectivity index (χ0v) is 20.4. The summed E-state index contributed by atoms with van der Waals surface area (Å²) in [6.45, 7) is 4.03. The van der Waals surface area contributed by atoms with E-state index in [1.807, 2.05) is 62.4 Å². The number of H-pyrrole nitrogens is 2. The molecule has 182 valence electrons. The molecule has 0 aliphatic heterocycles. The molecule has 0 aliphatic rings. The van der Waals surface area contributed by atoms with Gasteiger partial charge in [0.05, 0.1) is 40.2 Å². The molecule has 0 spiro atoms. The van der Waals surface area contributed by atoms with Crippen LogP contribution in [0.3, 0.4) is 0 Å². The summed E-state index contributed by atoms with van der Waals surface area (Å²) in [5, 5.41) is 11.5. The minimum Gasteiger partial charge on any atom is -0.353 e. The number of carbonyl (C=O) groups excluding carboxylic acids is 1. The van der Waals surface area contributed by atoms with E-state index in [1.165, 1.54) is 0 Å². The predicted octanol–water partition coefficient (Wildman–Crippen LogP) is 5.61. The van der Waals surface area contributed by atoms with E-state index >= 15 is 0 Å². The van der Waals surface area contributed by atoms with Crippen LogP contribution in [-0.2, 0) is 4.79 Å². The average Bonchev–Trinajstić information content (AvgIpc) is 3.52. The molecule has 0 aromatic carbocycles. The van der Waals surface area contributed by atoms with E-state index in [-0.39, 0.29) is 11.8 Å². The third-order valence-electron chi connectivity index (χ3n) is 6.03. The third kappa shape index (κ3) is 4.42. The van der Waals surface area contributed by atoms with Crippen molar-refractivity contribution in [1.29, 1.82) is 0 Å². The Hall–Kier alpha value is -4.92. The van der Waals surface area contributed by atoms with Crippen LogP contribution in [0.15, 0.2) is 73.3 Å². The molecule has 6 heterocycles. The molecule has 0 fully saturated rings. The molecule has 0 saturated carbocycles. The van der Waals surface area contributed by atoms with Crippen molar-refractivity contribution < 1.29 is 4.79 Å². The van der Waals surface area contributed by atoms with Crippen LogP contribution < -0.4 is 5.32 Å². The van der Waals surface area contributed by atoms with Gasteiger partial charge in [0.15, 0.2) is 0 Å². The topological polar surface area (TPSA) is 125 Å². The number of aromatic amines is 2. The van der Waals surface area contributed by atoms with E-state index in [4.69, 9.17) is 4.98 Å². The Morgan fingerprint density at radius 2 is 1.86 bits per heavy atom. The first-order valence-electron chi connectivity index (χ1n) is 12.0. The van der Waals surface area contributed by atoms with E-state index in [0.29, 0.717) is 17.8 Å². The van der Waals surface area contributed by atoms with Gasteiger partial charge in [0, 0.05) is 41.5 Å². The fourth-order valence-corrected chi connectivity index (χ4v) is 4.37. The van der Waals surface area contributed by atoms with Crippen LogP contribution in [-0.4, -0.2) is 41.0 Å². The lowest BCUT2D eigenvalue weighted by Gasteiger charge is -2.08. The third-order valence-corrected chi connectivity index (χ3v) is 6.03. The van der Waals surface area contributed by atoms with Crippen LogP contribution in [0.1, 0.15) is 20.3 Å². The number of amides is 1. The van der Waals surface area contributed by atoms with Crippen molar-refractivity contribution in [2.24, 2.45) is 5.92 Å². The van der Waals surface area contributed by atoms with Crippen molar-refractivity contribution in [2.75, 3.05) is 5.32 Å². The SMILES string of the molecule is CC(C)CC(=O)Nc1cncc(-c2ccc3[nH]nc(-c4cc5c(-c6ccccn6)nccc5[nH]4)c3n2)c1. The van der Waals surface area contributed by atoms with Gasteiger partial charge in [0.1, 0.15) is 11.2 Å². The van der Waals surface area contributed by atoms with Gasteiger partial charge < -0.3 is 10.3 Å². The second-order valence-corrected chi connectivity index (χ2v) is 9.29. The van der Waals surface area contributed by atoms with Gasteiger partial charge in [-0.3, -0.25) is 24.8 Å². The summed E-state index contributed by atoms with van der Waals surface area (Å²) >= 11 is 0. The van der Waals surface area contributed by atoms with Gasteiger partial charge in [-0.1, -0.05) is 19.9 Å². The number of nitrogens with one attached hydrogen (secondary N) is 3. The summed E-state index contributed by atoms with van der Waals surface area (Å²) in [5.74, 6) is 0.244. The quantitative estimate of drug-likeness (QED) is 0.280. The molecule has 0 bridgehead atoms. The van der Waals surface area contributed by atoms with Crippen molar-refractivity contribution in [2.45, 2.75) is 20.3 Å². The van der Waals surface area contributed by atoms with E-state index in [2.05, 4.69) is 35.5 Å². The monoisotopic (exact) mass is 488 g/mol. The van der Waals surface area contributed by atoms with Gasteiger partial charge in [0.2, 0.25) is 5.91 Å². The number of pyridine rings is 4. The molecule has 0 aliphatic carbocycles. The highest BCUT2D eigenvalue weighted by atomic mass is 16.1.